The van der Waals surface area contributed by atoms with Gasteiger partial charge in [0.05, 0.1) is 11.3 Å². The van der Waals surface area contributed by atoms with E-state index in [0.717, 1.165) is 28.2 Å². The van der Waals surface area contributed by atoms with Crippen LogP contribution in [0.4, 0.5) is 0 Å². The molecule has 0 aliphatic carbocycles. The number of thiophene rings is 1. The first kappa shape index (κ1) is 26.5. The number of carboxylic acids is 1. The number of rotatable bonds is 9. The number of hydrogen-bond acceptors (Lipinski definition) is 4. The average molecular weight is 494 g/mol. The molecule has 6 heteroatoms. The van der Waals surface area contributed by atoms with Gasteiger partial charge in [-0.05, 0) is 77.8 Å². The maximum absolute atomic E-state index is 12.3. The van der Waals surface area contributed by atoms with E-state index in [9.17, 15) is 9.59 Å². The third-order valence-corrected chi connectivity index (χ3v) is 7.16. The lowest BCUT2D eigenvalue weighted by Crippen LogP contribution is -2.25. The van der Waals surface area contributed by atoms with Crippen LogP contribution in [-0.2, 0) is 10.2 Å². The highest BCUT2D eigenvalue weighted by Gasteiger charge is 2.19. The van der Waals surface area contributed by atoms with Crippen LogP contribution in [0.5, 0.6) is 5.75 Å². The molecular formula is C29H35NO4S. The van der Waals surface area contributed by atoms with Gasteiger partial charge in [-0.15, -0.1) is 11.3 Å². The molecule has 1 aromatic heterocycles. The molecule has 186 valence electrons. The third-order valence-electron chi connectivity index (χ3n) is 5.99. The van der Waals surface area contributed by atoms with Gasteiger partial charge in [-0.3, -0.25) is 9.59 Å². The van der Waals surface area contributed by atoms with Gasteiger partial charge in [0.1, 0.15) is 11.9 Å². The van der Waals surface area contributed by atoms with E-state index >= 15 is 0 Å². The van der Waals surface area contributed by atoms with E-state index in [0.29, 0.717) is 4.88 Å². The molecule has 2 aromatic carbocycles. The first-order valence-electron chi connectivity index (χ1n) is 12.0. The minimum Gasteiger partial charge on any atom is -0.485 e. The van der Waals surface area contributed by atoms with Crippen molar-refractivity contribution in [1.82, 2.24) is 5.32 Å². The van der Waals surface area contributed by atoms with Gasteiger partial charge in [0.25, 0.3) is 5.91 Å². The zero-order valence-corrected chi connectivity index (χ0v) is 22.2. The second kappa shape index (κ2) is 11.1. The number of aliphatic carboxylic acids is 1. The van der Waals surface area contributed by atoms with Crippen LogP contribution in [-0.4, -0.2) is 23.5 Å². The largest absolute Gasteiger partial charge is 0.485 e. The quantitative estimate of drug-likeness (QED) is 0.334. The Morgan fingerprint density at radius 1 is 1.03 bits per heavy atom. The Bertz CT molecular complexity index is 1170. The van der Waals surface area contributed by atoms with Crippen LogP contribution in [0.15, 0.2) is 48.5 Å². The van der Waals surface area contributed by atoms with E-state index in [-0.39, 0.29) is 30.4 Å². The summed E-state index contributed by atoms with van der Waals surface area (Å²) in [4.78, 5) is 24.5. The number of carbonyl (C=O) groups excluding carboxylic acids is 1. The van der Waals surface area contributed by atoms with Crippen molar-refractivity contribution in [2.24, 2.45) is 0 Å². The lowest BCUT2D eigenvalue weighted by Gasteiger charge is -2.21. The smallest absolute Gasteiger partial charge is 0.305 e. The van der Waals surface area contributed by atoms with Gasteiger partial charge in [0.15, 0.2) is 0 Å². The van der Waals surface area contributed by atoms with Gasteiger partial charge in [0.2, 0.25) is 0 Å². The molecule has 0 spiro atoms. The van der Waals surface area contributed by atoms with Crippen molar-refractivity contribution < 1.29 is 19.4 Å². The van der Waals surface area contributed by atoms with Gasteiger partial charge >= 0.3 is 5.97 Å². The molecule has 0 fully saturated rings. The zero-order chi connectivity index (χ0) is 25.8. The Morgan fingerprint density at radius 2 is 1.66 bits per heavy atom. The normalized spacial score (nSPS) is 12.3. The van der Waals surface area contributed by atoms with E-state index in [1.165, 1.54) is 28.0 Å². The highest BCUT2D eigenvalue weighted by molar-refractivity contribution is 7.14. The number of nitrogens with one attached hydrogen (secondary N) is 1. The maximum atomic E-state index is 12.3. The van der Waals surface area contributed by atoms with Crippen LogP contribution >= 0.6 is 11.3 Å². The monoisotopic (exact) mass is 493 g/mol. The first-order valence-corrected chi connectivity index (χ1v) is 12.8. The summed E-state index contributed by atoms with van der Waals surface area (Å²) in [6.07, 6.45) is 0.491. The molecular weight excluding hydrogens is 458 g/mol. The molecule has 2 N–H and O–H groups in total. The SMILES string of the molecule is CC[C@H](Oc1cc(C)c(-c2ccc(C(C)(C)C)cc2)c(C)c1)c1ccc(C(=O)NCCC(=O)O)s1. The number of benzene rings is 2. The third kappa shape index (κ3) is 6.73. The Labute approximate surface area is 212 Å². The molecule has 1 heterocycles. The fraction of sp³-hybridized carbons (Fsp3) is 0.379. The van der Waals surface area contributed by atoms with E-state index in [4.69, 9.17) is 9.84 Å². The number of carbonyl (C=O) groups is 2. The second-order valence-corrected chi connectivity index (χ2v) is 11.0. The summed E-state index contributed by atoms with van der Waals surface area (Å²) >= 11 is 1.38. The fourth-order valence-corrected chi connectivity index (χ4v) is 5.15. The first-order chi connectivity index (χ1) is 16.5. The highest BCUT2D eigenvalue weighted by Crippen LogP contribution is 2.36. The molecule has 35 heavy (non-hydrogen) atoms. The summed E-state index contributed by atoms with van der Waals surface area (Å²) in [7, 11) is 0. The number of ether oxygens (including phenoxy) is 1. The predicted octanol–water partition coefficient (Wildman–Crippen LogP) is 7.06. The molecule has 3 aromatic rings. The number of amides is 1. The molecule has 0 bridgehead atoms. The predicted molar refractivity (Wildman–Crippen MR) is 143 cm³/mol. The molecule has 0 saturated carbocycles. The van der Waals surface area contributed by atoms with Gasteiger partial charge in [0, 0.05) is 11.4 Å². The van der Waals surface area contributed by atoms with Crippen molar-refractivity contribution in [3.8, 4) is 16.9 Å². The number of carboxylic acid groups (broad SMARTS) is 1. The minimum absolute atomic E-state index is 0.0971. The van der Waals surface area contributed by atoms with Crippen LogP contribution in [0.25, 0.3) is 11.1 Å². The summed E-state index contributed by atoms with van der Waals surface area (Å²) in [5.74, 6) is -0.385. The van der Waals surface area contributed by atoms with Gasteiger partial charge < -0.3 is 15.2 Å². The lowest BCUT2D eigenvalue weighted by atomic mass is 9.85. The zero-order valence-electron chi connectivity index (χ0n) is 21.4. The summed E-state index contributed by atoms with van der Waals surface area (Å²) in [6, 6.07) is 16.6. The van der Waals surface area contributed by atoms with Crippen LogP contribution in [0.2, 0.25) is 0 Å². The Kier molecular flexibility index (Phi) is 8.39. The average Bonchev–Trinajstić information content (AvgIpc) is 3.27. The van der Waals surface area contributed by atoms with Gasteiger partial charge in [-0.1, -0.05) is 52.0 Å². The van der Waals surface area contributed by atoms with E-state index < -0.39 is 5.97 Å². The molecule has 3 rings (SSSR count). The lowest BCUT2D eigenvalue weighted by molar-refractivity contribution is -0.136. The van der Waals surface area contributed by atoms with Crippen LogP contribution in [0.1, 0.15) is 77.9 Å². The van der Waals surface area contributed by atoms with Crippen molar-refractivity contribution in [2.45, 2.75) is 65.9 Å². The number of hydrogen-bond donors (Lipinski definition) is 2. The van der Waals surface area contributed by atoms with Crippen LogP contribution < -0.4 is 10.1 Å². The van der Waals surface area contributed by atoms with Crippen molar-refractivity contribution in [3.05, 3.63) is 75.0 Å². The van der Waals surface area contributed by atoms with Crippen molar-refractivity contribution in [3.63, 3.8) is 0 Å². The maximum Gasteiger partial charge on any atom is 0.305 e. The van der Waals surface area contributed by atoms with Crippen molar-refractivity contribution in [1.29, 1.82) is 0 Å². The highest BCUT2D eigenvalue weighted by atomic mass is 32.1. The fourth-order valence-electron chi connectivity index (χ4n) is 4.11. The summed E-state index contributed by atoms with van der Waals surface area (Å²) in [5.41, 5.74) is 6.17. The van der Waals surface area contributed by atoms with Gasteiger partial charge in [-0.25, -0.2) is 0 Å². The topological polar surface area (TPSA) is 75.6 Å². The van der Waals surface area contributed by atoms with E-state index in [2.05, 4.69) is 83.3 Å². The molecule has 5 nitrogen and oxygen atoms in total. The summed E-state index contributed by atoms with van der Waals surface area (Å²) in [6.45, 7) is 13.0. The Morgan fingerprint density at radius 3 is 2.20 bits per heavy atom. The Hall–Kier alpha value is -3.12. The summed E-state index contributed by atoms with van der Waals surface area (Å²) < 4.78 is 6.37. The second-order valence-electron chi connectivity index (χ2n) is 9.88. The molecule has 0 aliphatic rings. The number of aryl methyl sites for hydroxylation is 2. The van der Waals surface area contributed by atoms with Crippen LogP contribution in [0, 0.1) is 13.8 Å². The van der Waals surface area contributed by atoms with Crippen molar-refractivity contribution >= 4 is 23.2 Å². The molecule has 0 unspecified atom stereocenters. The van der Waals surface area contributed by atoms with Crippen molar-refractivity contribution in [2.75, 3.05) is 6.54 Å². The minimum atomic E-state index is -0.935. The molecule has 0 saturated heterocycles. The standard InChI is InChI=1S/C29H35NO4S/c1-7-23(24-12-13-25(35-24)28(33)30-15-14-26(31)32)34-22-16-18(2)27(19(3)17-22)20-8-10-21(11-9-20)29(4,5)6/h8-13,16-17,23H,7,14-15H2,1-6H3,(H,30,33)(H,31,32)/t23-/m0/s1. The summed E-state index contributed by atoms with van der Waals surface area (Å²) in [5, 5.41) is 11.4. The van der Waals surface area contributed by atoms with Gasteiger partial charge in [-0.2, -0.15) is 0 Å². The molecule has 0 radical (unpaired) electrons. The molecule has 1 atom stereocenters. The van der Waals surface area contributed by atoms with E-state index in [1.54, 1.807) is 6.07 Å². The molecule has 0 aliphatic heterocycles. The molecule has 1 amide bonds. The Balaban J connectivity index is 1.76. The van der Waals surface area contributed by atoms with Crippen LogP contribution in [0.3, 0.4) is 0 Å². The van der Waals surface area contributed by atoms with E-state index in [1.807, 2.05) is 6.07 Å².